The average Bonchev–Trinajstić information content (AvgIpc) is 2.32. The van der Waals surface area contributed by atoms with Gasteiger partial charge >= 0.3 is 5.97 Å². The first-order chi connectivity index (χ1) is 8.16. The summed E-state index contributed by atoms with van der Waals surface area (Å²) in [5.41, 5.74) is 1.16. The van der Waals surface area contributed by atoms with Crippen LogP contribution in [0.25, 0.3) is 0 Å². The van der Waals surface area contributed by atoms with E-state index in [0.717, 1.165) is 22.3 Å². The third-order valence-electron chi connectivity index (χ3n) is 2.82. The standard InChI is InChI=1S/C12H14BrNO2S/c13-10-3-1-9(2-4-10)7-14-5-6-17-8-11(14)12(15)16/h1-4,11H,5-8H2,(H,15,16). The quantitative estimate of drug-likeness (QED) is 0.930. The van der Waals surface area contributed by atoms with E-state index in [9.17, 15) is 4.79 Å². The number of aliphatic carboxylic acids is 1. The molecule has 1 unspecified atom stereocenters. The molecular weight excluding hydrogens is 302 g/mol. The molecule has 0 radical (unpaired) electrons. The van der Waals surface area contributed by atoms with Gasteiger partial charge in [0.2, 0.25) is 0 Å². The van der Waals surface area contributed by atoms with Crippen LogP contribution in [0.4, 0.5) is 0 Å². The van der Waals surface area contributed by atoms with Crippen molar-refractivity contribution in [2.75, 3.05) is 18.1 Å². The van der Waals surface area contributed by atoms with Crippen LogP contribution in [0, 0.1) is 0 Å². The molecule has 1 heterocycles. The van der Waals surface area contributed by atoms with Gasteiger partial charge in [0.15, 0.2) is 0 Å². The molecule has 0 aromatic heterocycles. The zero-order chi connectivity index (χ0) is 12.3. The zero-order valence-corrected chi connectivity index (χ0v) is 11.7. The molecule has 0 aliphatic carbocycles. The first-order valence-corrected chi connectivity index (χ1v) is 7.40. The van der Waals surface area contributed by atoms with Gasteiger partial charge < -0.3 is 5.11 Å². The number of halogens is 1. The highest BCUT2D eigenvalue weighted by Crippen LogP contribution is 2.20. The number of hydrogen-bond donors (Lipinski definition) is 1. The molecule has 1 aromatic carbocycles. The Morgan fingerprint density at radius 2 is 2.18 bits per heavy atom. The van der Waals surface area contributed by atoms with Crippen molar-refractivity contribution in [3.8, 4) is 0 Å². The van der Waals surface area contributed by atoms with E-state index in [4.69, 9.17) is 5.11 Å². The van der Waals surface area contributed by atoms with E-state index in [2.05, 4.69) is 15.9 Å². The molecule has 2 rings (SSSR count). The molecule has 1 fully saturated rings. The lowest BCUT2D eigenvalue weighted by atomic mass is 10.2. The first-order valence-electron chi connectivity index (χ1n) is 5.46. The number of carboxylic acids is 1. The second kappa shape index (κ2) is 5.89. The van der Waals surface area contributed by atoms with E-state index >= 15 is 0 Å². The van der Waals surface area contributed by atoms with Crippen LogP contribution in [0.1, 0.15) is 5.56 Å². The summed E-state index contributed by atoms with van der Waals surface area (Å²) >= 11 is 5.11. The second-order valence-electron chi connectivity index (χ2n) is 4.03. The van der Waals surface area contributed by atoms with Crippen molar-refractivity contribution in [3.05, 3.63) is 34.3 Å². The minimum Gasteiger partial charge on any atom is -0.480 e. The predicted molar refractivity (Wildman–Crippen MR) is 73.3 cm³/mol. The van der Waals surface area contributed by atoms with E-state index in [1.54, 1.807) is 11.8 Å². The summed E-state index contributed by atoms with van der Waals surface area (Å²) in [6.45, 7) is 1.56. The summed E-state index contributed by atoms with van der Waals surface area (Å²) in [6.07, 6.45) is 0. The molecular formula is C12H14BrNO2S. The van der Waals surface area contributed by atoms with E-state index in [1.165, 1.54) is 0 Å². The molecule has 0 bridgehead atoms. The topological polar surface area (TPSA) is 40.5 Å². The lowest BCUT2D eigenvalue weighted by Gasteiger charge is -2.32. The van der Waals surface area contributed by atoms with Crippen LogP contribution in [-0.4, -0.2) is 40.1 Å². The van der Waals surface area contributed by atoms with Crippen LogP contribution in [-0.2, 0) is 11.3 Å². The molecule has 1 atom stereocenters. The molecule has 1 aliphatic rings. The van der Waals surface area contributed by atoms with Gasteiger partial charge in [-0.15, -0.1) is 0 Å². The van der Waals surface area contributed by atoms with E-state index < -0.39 is 5.97 Å². The van der Waals surface area contributed by atoms with E-state index in [1.807, 2.05) is 29.2 Å². The molecule has 5 heteroatoms. The van der Waals surface area contributed by atoms with Crippen molar-refractivity contribution in [2.24, 2.45) is 0 Å². The molecule has 0 spiro atoms. The van der Waals surface area contributed by atoms with Crippen LogP contribution >= 0.6 is 27.7 Å². The van der Waals surface area contributed by atoms with Crippen molar-refractivity contribution in [2.45, 2.75) is 12.6 Å². The number of rotatable bonds is 3. The maximum absolute atomic E-state index is 11.1. The maximum atomic E-state index is 11.1. The molecule has 1 saturated heterocycles. The Morgan fingerprint density at radius 3 is 2.82 bits per heavy atom. The molecule has 92 valence electrons. The molecule has 0 saturated carbocycles. The van der Waals surface area contributed by atoms with Crippen LogP contribution in [0.15, 0.2) is 28.7 Å². The fraction of sp³-hybridized carbons (Fsp3) is 0.417. The zero-order valence-electron chi connectivity index (χ0n) is 9.30. The molecule has 1 aromatic rings. The molecule has 1 aliphatic heterocycles. The van der Waals surface area contributed by atoms with Crippen molar-refractivity contribution < 1.29 is 9.90 Å². The summed E-state index contributed by atoms with van der Waals surface area (Å²) in [5.74, 6) is 0.987. The Kier molecular flexibility index (Phi) is 4.48. The molecule has 1 N–H and O–H groups in total. The van der Waals surface area contributed by atoms with Crippen LogP contribution < -0.4 is 0 Å². The van der Waals surface area contributed by atoms with Gasteiger partial charge in [-0.1, -0.05) is 28.1 Å². The Bertz CT molecular complexity index is 396. The summed E-state index contributed by atoms with van der Waals surface area (Å²) in [6, 6.07) is 7.70. The van der Waals surface area contributed by atoms with Crippen LogP contribution in [0.2, 0.25) is 0 Å². The Hall–Kier alpha value is -0.520. The van der Waals surface area contributed by atoms with Gasteiger partial charge in [0.1, 0.15) is 6.04 Å². The normalized spacial score (nSPS) is 21.4. The van der Waals surface area contributed by atoms with Crippen LogP contribution in [0.3, 0.4) is 0 Å². The third kappa shape index (κ3) is 3.47. The SMILES string of the molecule is O=C(O)C1CSCCN1Cc1ccc(Br)cc1. The van der Waals surface area contributed by atoms with Gasteiger partial charge in [0.05, 0.1) is 0 Å². The second-order valence-corrected chi connectivity index (χ2v) is 6.09. The minimum atomic E-state index is -0.714. The number of carboxylic acid groups (broad SMARTS) is 1. The summed E-state index contributed by atoms with van der Waals surface area (Å²) in [4.78, 5) is 13.2. The lowest BCUT2D eigenvalue weighted by molar-refractivity contribution is -0.142. The highest BCUT2D eigenvalue weighted by molar-refractivity contribution is 9.10. The fourth-order valence-corrected chi connectivity index (χ4v) is 3.25. The summed E-state index contributed by atoms with van der Waals surface area (Å²) in [7, 11) is 0. The highest BCUT2D eigenvalue weighted by Gasteiger charge is 2.28. The van der Waals surface area contributed by atoms with Crippen molar-refractivity contribution >= 4 is 33.7 Å². The number of benzene rings is 1. The van der Waals surface area contributed by atoms with Gasteiger partial charge in [-0.3, -0.25) is 9.69 Å². The lowest BCUT2D eigenvalue weighted by Crippen LogP contribution is -2.46. The Labute approximate surface area is 113 Å². The summed E-state index contributed by atoms with van der Waals surface area (Å²) in [5, 5.41) is 9.17. The van der Waals surface area contributed by atoms with Gasteiger partial charge in [0.25, 0.3) is 0 Å². The minimum absolute atomic E-state index is 0.350. The highest BCUT2D eigenvalue weighted by atomic mass is 79.9. The molecule has 0 amide bonds. The van der Waals surface area contributed by atoms with Crippen molar-refractivity contribution in [1.82, 2.24) is 4.90 Å². The third-order valence-corrected chi connectivity index (χ3v) is 4.37. The Balaban J connectivity index is 2.05. The molecule has 17 heavy (non-hydrogen) atoms. The van der Waals surface area contributed by atoms with Gasteiger partial charge in [-0.05, 0) is 17.7 Å². The Morgan fingerprint density at radius 1 is 1.47 bits per heavy atom. The molecule has 3 nitrogen and oxygen atoms in total. The number of carbonyl (C=O) groups is 1. The van der Waals surface area contributed by atoms with Crippen molar-refractivity contribution in [3.63, 3.8) is 0 Å². The predicted octanol–water partition coefficient (Wildman–Crippen LogP) is 2.45. The maximum Gasteiger partial charge on any atom is 0.321 e. The van der Waals surface area contributed by atoms with E-state index in [0.29, 0.717) is 12.3 Å². The van der Waals surface area contributed by atoms with Crippen molar-refractivity contribution in [1.29, 1.82) is 0 Å². The first kappa shape index (κ1) is 12.9. The van der Waals surface area contributed by atoms with E-state index in [-0.39, 0.29) is 6.04 Å². The van der Waals surface area contributed by atoms with Gasteiger partial charge in [-0.25, -0.2) is 0 Å². The number of thioether (sulfide) groups is 1. The number of hydrogen-bond acceptors (Lipinski definition) is 3. The monoisotopic (exact) mass is 315 g/mol. The number of nitrogens with zero attached hydrogens (tertiary/aromatic N) is 1. The fourth-order valence-electron chi connectivity index (χ4n) is 1.88. The van der Waals surface area contributed by atoms with Crippen LogP contribution in [0.5, 0.6) is 0 Å². The smallest absolute Gasteiger partial charge is 0.321 e. The average molecular weight is 316 g/mol. The van der Waals surface area contributed by atoms with Gasteiger partial charge in [-0.2, -0.15) is 11.8 Å². The summed E-state index contributed by atoms with van der Waals surface area (Å²) < 4.78 is 1.05. The largest absolute Gasteiger partial charge is 0.480 e. The van der Waals surface area contributed by atoms with Gasteiger partial charge in [0, 0.05) is 29.1 Å².